The van der Waals surface area contributed by atoms with Crippen molar-refractivity contribution in [2.45, 2.75) is 6.54 Å². The predicted molar refractivity (Wildman–Crippen MR) is 67.1 cm³/mol. The van der Waals surface area contributed by atoms with Crippen molar-refractivity contribution in [1.29, 1.82) is 0 Å². The van der Waals surface area contributed by atoms with E-state index in [-0.39, 0.29) is 0 Å². The van der Waals surface area contributed by atoms with E-state index in [9.17, 15) is 0 Å². The van der Waals surface area contributed by atoms with Crippen molar-refractivity contribution in [3.05, 3.63) is 47.4 Å². The van der Waals surface area contributed by atoms with Gasteiger partial charge in [-0.05, 0) is 23.6 Å². The SMILES string of the molecule is Cn1cc(Cn2ccc3ccc(Cl)cc32)nn1. The third-order valence-corrected chi connectivity index (χ3v) is 2.95. The first-order valence-electron chi connectivity index (χ1n) is 5.32. The lowest BCUT2D eigenvalue weighted by molar-refractivity contribution is 0.711. The summed E-state index contributed by atoms with van der Waals surface area (Å²) in [5.74, 6) is 0. The fraction of sp³-hybridized carbons (Fsp3) is 0.167. The quantitative estimate of drug-likeness (QED) is 0.696. The lowest BCUT2D eigenvalue weighted by Gasteiger charge is -2.02. The van der Waals surface area contributed by atoms with Crippen LogP contribution in [-0.2, 0) is 13.6 Å². The second kappa shape index (κ2) is 3.89. The summed E-state index contributed by atoms with van der Waals surface area (Å²) in [6.07, 6.45) is 3.95. The molecule has 86 valence electrons. The standard InChI is InChI=1S/C12H11ClN4/c1-16-7-11(14-15-16)8-17-5-4-9-2-3-10(13)6-12(9)17/h2-7H,8H2,1H3. The molecule has 0 aliphatic carbocycles. The molecule has 0 radical (unpaired) electrons. The number of nitrogens with zero attached hydrogens (tertiary/aromatic N) is 4. The van der Waals surface area contributed by atoms with Gasteiger partial charge in [0, 0.05) is 30.0 Å². The Bertz CT molecular complexity index is 668. The van der Waals surface area contributed by atoms with Crippen LogP contribution in [0, 0.1) is 0 Å². The smallest absolute Gasteiger partial charge is 0.102 e. The van der Waals surface area contributed by atoms with Crippen LogP contribution in [-0.4, -0.2) is 19.6 Å². The molecule has 0 spiro atoms. The summed E-state index contributed by atoms with van der Waals surface area (Å²) < 4.78 is 3.82. The van der Waals surface area contributed by atoms with Gasteiger partial charge >= 0.3 is 0 Å². The molecule has 0 amide bonds. The lowest BCUT2D eigenvalue weighted by atomic mass is 10.2. The van der Waals surface area contributed by atoms with Crippen molar-refractivity contribution in [1.82, 2.24) is 19.6 Å². The lowest BCUT2D eigenvalue weighted by Crippen LogP contribution is -1.98. The molecule has 0 aliphatic rings. The van der Waals surface area contributed by atoms with Crippen LogP contribution in [0.5, 0.6) is 0 Å². The van der Waals surface area contributed by atoms with E-state index in [1.54, 1.807) is 4.68 Å². The normalized spacial score (nSPS) is 11.2. The molecule has 0 saturated carbocycles. The van der Waals surface area contributed by atoms with Gasteiger partial charge in [-0.3, -0.25) is 4.68 Å². The van der Waals surface area contributed by atoms with Gasteiger partial charge < -0.3 is 4.57 Å². The van der Waals surface area contributed by atoms with Crippen LogP contribution < -0.4 is 0 Å². The van der Waals surface area contributed by atoms with E-state index in [2.05, 4.69) is 20.9 Å². The Labute approximate surface area is 103 Å². The number of halogens is 1. The predicted octanol–water partition coefficient (Wildman–Crippen LogP) is 2.47. The zero-order valence-corrected chi connectivity index (χ0v) is 10.1. The highest BCUT2D eigenvalue weighted by Gasteiger charge is 2.04. The van der Waals surface area contributed by atoms with Gasteiger partial charge in [0.2, 0.25) is 0 Å². The molecule has 0 saturated heterocycles. The fourth-order valence-corrected chi connectivity index (χ4v) is 2.10. The number of benzene rings is 1. The Hall–Kier alpha value is -1.81. The first kappa shape index (κ1) is 10.4. The third kappa shape index (κ3) is 1.91. The molecular weight excluding hydrogens is 236 g/mol. The van der Waals surface area contributed by atoms with Crippen LogP contribution in [0.3, 0.4) is 0 Å². The Morgan fingerprint density at radius 2 is 2.18 bits per heavy atom. The molecule has 2 heterocycles. The van der Waals surface area contributed by atoms with Gasteiger partial charge in [-0.1, -0.05) is 22.9 Å². The van der Waals surface area contributed by atoms with Crippen LogP contribution in [0.4, 0.5) is 0 Å². The minimum Gasteiger partial charge on any atom is -0.341 e. The Balaban J connectivity index is 2.03. The van der Waals surface area contributed by atoms with Gasteiger partial charge in [0.15, 0.2) is 0 Å². The maximum Gasteiger partial charge on any atom is 0.102 e. The third-order valence-electron chi connectivity index (χ3n) is 2.72. The molecule has 5 heteroatoms. The van der Waals surface area contributed by atoms with Gasteiger partial charge in [-0.2, -0.15) is 0 Å². The highest BCUT2D eigenvalue weighted by Crippen LogP contribution is 2.21. The minimum atomic E-state index is 0.706. The van der Waals surface area contributed by atoms with Gasteiger partial charge in [-0.15, -0.1) is 5.10 Å². The van der Waals surface area contributed by atoms with Crippen molar-refractivity contribution in [3.63, 3.8) is 0 Å². The molecule has 1 aromatic carbocycles. The summed E-state index contributed by atoms with van der Waals surface area (Å²) in [6, 6.07) is 7.96. The number of rotatable bonds is 2. The van der Waals surface area contributed by atoms with E-state index < -0.39 is 0 Å². The molecular formula is C12H11ClN4. The monoisotopic (exact) mass is 246 g/mol. The molecule has 0 fully saturated rings. The molecule has 3 aromatic rings. The summed E-state index contributed by atoms with van der Waals surface area (Å²) in [6.45, 7) is 0.706. The van der Waals surface area contributed by atoms with Gasteiger partial charge in [-0.25, -0.2) is 0 Å². The fourth-order valence-electron chi connectivity index (χ4n) is 1.94. The zero-order chi connectivity index (χ0) is 11.8. The van der Waals surface area contributed by atoms with E-state index in [1.807, 2.05) is 37.6 Å². The second-order valence-electron chi connectivity index (χ2n) is 4.03. The van der Waals surface area contributed by atoms with Gasteiger partial charge in [0.1, 0.15) is 5.69 Å². The molecule has 0 atom stereocenters. The summed E-state index contributed by atoms with van der Waals surface area (Å²) >= 11 is 6.01. The van der Waals surface area contributed by atoms with E-state index in [0.717, 1.165) is 16.2 Å². The van der Waals surface area contributed by atoms with Crippen LogP contribution in [0.2, 0.25) is 5.02 Å². The molecule has 4 nitrogen and oxygen atoms in total. The van der Waals surface area contributed by atoms with Crippen molar-refractivity contribution in [2.24, 2.45) is 7.05 Å². The van der Waals surface area contributed by atoms with Crippen molar-refractivity contribution < 1.29 is 0 Å². The Morgan fingerprint density at radius 1 is 1.29 bits per heavy atom. The Kier molecular flexibility index (Phi) is 2.37. The number of hydrogen-bond acceptors (Lipinski definition) is 2. The van der Waals surface area contributed by atoms with Gasteiger partial charge in [0.25, 0.3) is 0 Å². The molecule has 2 aromatic heterocycles. The maximum atomic E-state index is 6.01. The number of aryl methyl sites for hydroxylation is 1. The molecule has 0 bridgehead atoms. The molecule has 17 heavy (non-hydrogen) atoms. The maximum absolute atomic E-state index is 6.01. The number of aromatic nitrogens is 4. The van der Waals surface area contributed by atoms with Crippen molar-refractivity contribution in [2.75, 3.05) is 0 Å². The summed E-state index contributed by atoms with van der Waals surface area (Å²) in [5, 5.41) is 9.93. The van der Waals surface area contributed by atoms with Crippen LogP contribution in [0.25, 0.3) is 10.9 Å². The van der Waals surface area contributed by atoms with Crippen LogP contribution in [0.15, 0.2) is 36.7 Å². The highest BCUT2D eigenvalue weighted by atomic mass is 35.5. The van der Waals surface area contributed by atoms with E-state index >= 15 is 0 Å². The van der Waals surface area contributed by atoms with E-state index in [4.69, 9.17) is 11.6 Å². The van der Waals surface area contributed by atoms with Crippen LogP contribution >= 0.6 is 11.6 Å². The van der Waals surface area contributed by atoms with Crippen molar-refractivity contribution in [3.8, 4) is 0 Å². The highest BCUT2D eigenvalue weighted by molar-refractivity contribution is 6.31. The number of fused-ring (bicyclic) bond motifs is 1. The summed E-state index contributed by atoms with van der Waals surface area (Å²) in [7, 11) is 1.86. The largest absolute Gasteiger partial charge is 0.341 e. The molecule has 0 N–H and O–H groups in total. The minimum absolute atomic E-state index is 0.706. The number of hydrogen-bond donors (Lipinski definition) is 0. The molecule has 0 unspecified atom stereocenters. The Morgan fingerprint density at radius 3 is 2.94 bits per heavy atom. The first-order valence-corrected chi connectivity index (χ1v) is 5.70. The average Bonchev–Trinajstić information content (AvgIpc) is 2.87. The van der Waals surface area contributed by atoms with E-state index in [1.165, 1.54) is 5.39 Å². The summed E-state index contributed by atoms with van der Waals surface area (Å²) in [4.78, 5) is 0. The van der Waals surface area contributed by atoms with E-state index in [0.29, 0.717) is 6.54 Å². The molecule has 0 aliphatic heterocycles. The summed E-state index contributed by atoms with van der Waals surface area (Å²) in [5.41, 5.74) is 2.05. The topological polar surface area (TPSA) is 35.6 Å². The van der Waals surface area contributed by atoms with Crippen LogP contribution in [0.1, 0.15) is 5.69 Å². The first-order chi connectivity index (χ1) is 8.22. The second-order valence-corrected chi connectivity index (χ2v) is 4.47. The van der Waals surface area contributed by atoms with Gasteiger partial charge in [0.05, 0.1) is 6.54 Å². The molecule has 3 rings (SSSR count). The van der Waals surface area contributed by atoms with Crippen molar-refractivity contribution >= 4 is 22.5 Å². The zero-order valence-electron chi connectivity index (χ0n) is 9.34. The average molecular weight is 247 g/mol.